The third-order valence-electron chi connectivity index (χ3n) is 5.95. The number of carboxylic acids is 1. The number of oxime groups is 1. The predicted octanol–water partition coefficient (Wildman–Crippen LogP) is 5.59. The summed E-state index contributed by atoms with van der Waals surface area (Å²) in [6.07, 6.45) is 0.152. The van der Waals surface area contributed by atoms with Gasteiger partial charge in [0.2, 0.25) is 5.60 Å². The second-order valence-electron chi connectivity index (χ2n) is 8.86. The largest absolute Gasteiger partial charge is 0.480 e. The molecule has 0 aromatic heterocycles. The van der Waals surface area contributed by atoms with Gasteiger partial charge in [0.05, 0.1) is 21.3 Å². The van der Waals surface area contributed by atoms with E-state index in [0.717, 1.165) is 0 Å². The first-order valence-electron chi connectivity index (χ1n) is 11.4. The van der Waals surface area contributed by atoms with Gasteiger partial charge in [-0.15, -0.1) is 0 Å². The molecule has 196 valence electrons. The zero-order valence-corrected chi connectivity index (χ0v) is 22.3. The summed E-state index contributed by atoms with van der Waals surface area (Å²) >= 11 is 18.2. The molecule has 11 heteroatoms. The molecular formula is C27H22Cl3N3O5. The fourth-order valence-corrected chi connectivity index (χ4v) is 4.62. The van der Waals surface area contributed by atoms with E-state index in [1.54, 1.807) is 73.7 Å². The third-order valence-corrected chi connectivity index (χ3v) is 6.81. The molecule has 0 saturated carbocycles. The van der Waals surface area contributed by atoms with Crippen LogP contribution in [0.2, 0.25) is 15.1 Å². The molecule has 0 spiro atoms. The highest BCUT2D eigenvalue weighted by molar-refractivity contribution is 6.40. The van der Waals surface area contributed by atoms with Gasteiger partial charge in [-0.3, -0.25) is 9.59 Å². The van der Waals surface area contributed by atoms with Crippen LogP contribution >= 0.6 is 34.8 Å². The summed E-state index contributed by atoms with van der Waals surface area (Å²) in [5.41, 5.74) is 1.11. The minimum Gasteiger partial charge on any atom is -0.480 e. The fourth-order valence-electron chi connectivity index (χ4n) is 3.86. The van der Waals surface area contributed by atoms with E-state index in [1.807, 2.05) is 0 Å². The number of halogens is 3. The molecule has 3 aromatic carbocycles. The Hall–Kier alpha value is -3.59. The van der Waals surface area contributed by atoms with Gasteiger partial charge in [-0.1, -0.05) is 70.3 Å². The van der Waals surface area contributed by atoms with E-state index in [4.69, 9.17) is 39.6 Å². The zero-order valence-electron chi connectivity index (χ0n) is 20.0. The first-order chi connectivity index (χ1) is 18.1. The molecule has 2 atom stereocenters. The lowest BCUT2D eigenvalue weighted by Crippen LogP contribution is -2.51. The number of hydrogen-bond donors (Lipinski definition) is 3. The van der Waals surface area contributed by atoms with Crippen molar-refractivity contribution in [2.45, 2.75) is 31.4 Å². The van der Waals surface area contributed by atoms with Crippen LogP contribution in [0.4, 0.5) is 5.69 Å². The van der Waals surface area contributed by atoms with Crippen LogP contribution in [-0.4, -0.2) is 40.2 Å². The number of carbonyl (C=O) groups excluding carboxylic acids is 2. The molecule has 0 fully saturated rings. The number of carboxylic acid groups (broad SMARTS) is 1. The maximum atomic E-state index is 13.0. The van der Waals surface area contributed by atoms with Crippen molar-refractivity contribution in [3.05, 3.63) is 98.5 Å². The van der Waals surface area contributed by atoms with Gasteiger partial charge < -0.3 is 20.6 Å². The smallest absolute Gasteiger partial charge is 0.326 e. The van der Waals surface area contributed by atoms with Crippen LogP contribution in [0.1, 0.15) is 34.8 Å². The van der Waals surface area contributed by atoms with Crippen molar-refractivity contribution in [1.29, 1.82) is 0 Å². The molecular weight excluding hydrogens is 553 g/mol. The lowest BCUT2D eigenvalue weighted by Gasteiger charge is -2.23. The summed E-state index contributed by atoms with van der Waals surface area (Å²) in [5, 5.41) is 20.0. The number of anilines is 1. The maximum absolute atomic E-state index is 13.0. The van der Waals surface area contributed by atoms with Gasteiger partial charge in [-0.2, -0.15) is 0 Å². The van der Waals surface area contributed by atoms with Crippen molar-refractivity contribution in [2.24, 2.45) is 5.16 Å². The highest BCUT2D eigenvalue weighted by Crippen LogP contribution is 2.28. The van der Waals surface area contributed by atoms with E-state index >= 15 is 0 Å². The Morgan fingerprint density at radius 3 is 2.32 bits per heavy atom. The molecule has 2 amide bonds. The molecule has 0 radical (unpaired) electrons. The van der Waals surface area contributed by atoms with Crippen LogP contribution in [-0.2, 0) is 20.8 Å². The average molecular weight is 575 g/mol. The number of hydrogen-bond acceptors (Lipinski definition) is 5. The first kappa shape index (κ1) is 27.4. The van der Waals surface area contributed by atoms with Crippen molar-refractivity contribution in [2.75, 3.05) is 5.32 Å². The van der Waals surface area contributed by atoms with Gasteiger partial charge in [0.1, 0.15) is 6.04 Å². The van der Waals surface area contributed by atoms with E-state index < -0.39 is 29.4 Å². The van der Waals surface area contributed by atoms with Crippen LogP contribution in [0.5, 0.6) is 0 Å². The molecule has 38 heavy (non-hydrogen) atoms. The summed E-state index contributed by atoms with van der Waals surface area (Å²) < 4.78 is 0. The minimum atomic E-state index is -1.38. The number of amides is 2. The van der Waals surface area contributed by atoms with Crippen LogP contribution < -0.4 is 10.6 Å². The van der Waals surface area contributed by atoms with Gasteiger partial charge in [-0.25, -0.2) is 4.79 Å². The summed E-state index contributed by atoms with van der Waals surface area (Å²) in [6.45, 7) is 1.55. The number of benzene rings is 3. The van der Waals surface area contributed by atoms with Gasteiger partial charge in [0.25, 0.3) is 11.8 Å². The Kier molecular flexibility index (Phi) is 8.26. The van der Waals surface area contributed by atoms with E-state index in [0.29, 0.717) is 27.5 Å². The normalized spacial score (nSPS) is 17.2. The molecule has 1 unspecified atom stereocenters. The number of nitrogens with one attached hydrogen (secondary N) is 2. The topological polar surface area (TPSA) is 117 Å². The summed E-state index contributed by atoms with van der Waals surface area (Å²) in [5.74, 6) is -2.29. The Labute approximate surface area is 233 Å². The number of rotatable bonds is 8. The lowest BCUT2D eigenvalue weighted by molar-refractivity contribution is -0.148. The van der Waals surface area contributed by atoms with Crippen LogP contribution in [0.3, 0.4) is 0 Å². The summed E-state index contributed by atoms with van der Waals surface area (Å²) in [4.78, 5) is 43.0. The molecule has 1 aliphatic heterocycles. The van der Waals surface area contributed by atoms with Crippen molar-refractivity contribution in [3.8, 4) is 0 Å². The van der Waals surface area contributed by atoms with Gasteiger partial charge in [0, 0.05) is 29.1 Å². The van der Waals surface area contributed by atoms with Crippen LogP contribution in [0.25, 0.3) is 0 Å². The predicted molar refractivity (Wildman–Crippen MR) is 146 cm³/mol. The Balaban J connectivity index is 1.38. The zero-order chi connectivity index (χ0) is 27.4. The summed E-state index contributed by atoms with van der Waals surface area (Å²) in [7, 11) is 0. The number of carbonyl (C=O) groups is 3. The van der Waals surface area contributed by atoms with Gasteiger partial charge in [0.15, 0.2) is 0 Å². The second-order valence-corrected chi connectivity index (χ2v) is 10.1. The Bertz CT molecular complexity index is 1410. The molecule has 1 heterocycles. The average Bonchev–Trinajstić information content (AvgIpc) is 3.28. The molecule has 4 rings (SSSR count). The van der Waals surface area contributed by atoms with E-state index in [1.165, 1.54) is 0 Å². The molecule has 3 aromatic rings. The molecule has 0 aliphatic carbocycles. The van der Waals surface area contributed by atoms with Gasteiger partial charge in [-0.05, 0) is 48.9 Å². The SMILES string of the molecule is C[C@@]1(C(=O)NC(Cc2ccc(NC(=O)c3c(Cl)cccc3Cl)cc2)C(=O)O)CC(c2cccc(Cl)c2)=NO1. The van der Waals surface area contributed by atoms with Crippen molar-refractivity contribution in [1.82, 2.24) is 5.32 Å². The number of aliphatic carboxylic acids is 1. The number of nitrogens with zero attached hydrogens (tertiary/aromatic N) is 1. The third kappa shape index (κ3) is 6.27. The van der Waals surface area contributed by atoms with Crippen LogP contribution in [0.15, 0.2) is 71.9 Å². The molecule has 0 saturated heterocycles. The maximum Gasteiger partial charge on any atom is 0.326 e. The lowest BCUT2D eigenvalue weighted by atomic mass is 9.94. The second kappa shape index (κ2) is 11.4. The fraction of sp³-hybridized carbons (Fsp3) is 0.185. The standard InChI is InChI=1S/C27H22Cl3N3O5/c1-27(14-22(33-38-27)16-4-2-5-17(28)13-16)26(37)32-21(25(35)36)12-15-8-10-18(11-9-15)31-24(34)23-19(29)6-3-7-20(23)30/h2-11,13,21H,12,14H2,1H3,(H,31,34)(H,32,37)(H,35,36)/t21?,27-/m0/s1. The summed E-state index contributed by atoms with van der Waals surface area (Å²) in [6, 6.07) is 17.1. The Morgan fingerprint density at radius 2 is 1.68 bits per heavy atom. The van der Waals surface area contributed by atoms with E-state index in [-0.39, 0.29) is 28.5 Å². The quantitative estimate of drug-likeness (QED) is 0.324. The highest BCUT2D eigenvalue weighted by atomic mass is 35.5. The van der Waals surface area contributed by atoms with Gasteiger partial charge >= 0.3 is 5.97 Å². The highest BCUT2D eigenvalue weighted by Gasteiger charge is 2.43. The minimum absolute atomic E-state index is 0.00370. The molecule has 1 aliphatic rings. The molecule has 0 bridgehead atoms. The monoisotopic (exact) mass is 573 g/mol. The van der Waals surface area contributed by atoms with Crippen LogP contribution in [0, 0.1) is 0 Å². The Morgan fingerprint density at radius 1 is 1.03 bits per heavy atom. The van der Waals surface area contributed by atoms with E-state index in [2.05, 4.69) is 15.8 Å². The molecule has 8 nitrogen and oxygen atoms in total. The van der Waals surface area contributed by atoms with Crippen molar-refractivity contribution >= 4 is 64.0 Å². The van der Waals surface area contributed by atoms with Crippen molar-refractivity contribution < 1.29 is 24.3 Å². The first-order valence-corrected chi connectivity index (χ1v) is 12.6. The van der Waals surface area contributed by atoms with E-state index in [9.17, 15) is 19.5 Å². The van der Waals surface area contributed by atoms with Crippen molar-refractivity contribution in [3.63, 3.8) is 0 Å². The molecule has 3 N–H and O–H groups in total.